The van der Waals surface area contributed by atoms with Crippen LogP contribution in [0.1, 0.15) is 11.3 Å². The Morgan fingerprint density at radius 3 is 2.70 bits per heavy atom. The first kappa shape index (κ1) is 14.5. The van der Waals surface area contributed by atoms with E-state index >= 15 is 0 Å². The maximum absolute atomic E-state index is 12.0. The number of pyridine rings is 1. The Morgan fingerprint density at radius 2 is 2.00 bits per heavy atom. The molecule has 20 heavy (non-hydrogen) atoms. The van der Waals surface area contributed by atoms with E-state index in [1.165, 1.54) is 0 Å². The predicted octanol–water partition coefficient (Wildman–Crippen LogP) is 1.88. The molecule has 106 valence electrons. The second-order valence-electron chi connectivity index (χ2n) is 4.68. The summed E-state index contributed by atoms with van der Waals surface area (Å²) in [4.78, 5) is 12.0. The number of rotatable bonds is 6. The van der Waals surface area contributed by atoms with Gasteiger partial charge in [-0.15, -0.1) is 0 Å². The standard InChI is InChI=1S/C16H20N2O2/c1-13-10-16(19)14(11-17-8-9-20-2)12-18(13)15-6-4-3-5-7-15/h3-7,10,12,17H,8-9,11H2,1-2H3. The van der Waals surface area contributed by atoms with E-state index < -0.39 is 0 Å². The fourth-order valence-electron chi connectivity index (χ4n) is 2.07. The highest BCUT2D eigenvalue weighted by atomic mass is 16.5. The molecular formula is C16H20N2O2. The van der Waals surface area contributed by atoms with Crippen molar-refractivity contribution in [2.75, 3.05) is 20.3 Å². The van der Waals surface area contributed by atoms with Crippen LogP contribution in [0.3, 0.4) is 0 Å². The summed E-state index contributed by atoms with van der Waals surface area (Å²) >= 11 is 0. The van der Waals surface area contributed by atoms with Gasteiger partial charge in [-0.2, -0.15) is 0 Å². The molecule has 1 N–H and O–H groups in total. The van der Waals surface area contributed by atoms with Gasteiger partial charge in [-0.05, 0) is 19.1 Å². The summed E-state index contributed by atoms with van der Waals surface area (Å²) in [6, 6.07) is 11.7. The molecule has 0 aliphatic carbocycles. The van der Waals surface area contributed by atoms with E-state index in [4.69, 9.17) is 4.74 Å². The molecule has 0 spiro atoms. The minimum atomic E-state index is 0.0691. The highest BCUT2D eigenvalue weighted by Gasteiger charge is 2.05. The monoisotopic (exact) mass is 272 g/mol. The number of aromatic nitrogens is 1. The zero-order chi connectivity index (χ0) is 14.4. The van der Waals surface area contributed by atoms with Crippen LogP contribution < -0.4 is 10.7 Å². The minimum Gasteiger partial charge on any atom is -0.383 e. The summed E-state index contributed by atoms with van der Waals surface area (Å²) in [7, 11) is 1.66. The normalized spacial score (nSPS) is 10.7. The maximum atomic E-state index is 12.0. The molecule has 0 saturated carbocycles. The molecule has 2 rings (SSSR count). The molecule has 0 bridgehead atoms. The van der Waals surface area contributed by atoms with Gasteiger partial charge in [0, 0.05) is 49.4 Å². The van der Waals surface area contributed by atoms with Gasteiger partial charge in [-0.25, -0.2) is 0 Å². The van der Waals surface area contributed by atoms with Gasteiger partial charge in [0.05, 0.1) is 6.61 Å². The minimum absolute atomic E-state index is 0.0691. The predicted molar refractivity (Wildman–Crippen MR) is 80.4 cm³/mol. The van der Waals surface area contributed by atoms with Gasteiger partial charge >= 0.3 is 0 Å². The van der Waals surface area contributed by atoms with Gasteiger partial charge in [0.1, 0.15) is 0 Å². The zero-order valence-electron chi connectivity index (χ0n) is 11.9. The molecule has 0 amide bonds. The first-order valence-electron chi connectivity index (χ1n) is 6.69. The summed E-state index contributed by atoms with van der Waals surface area (Å²) in [6.07, 6.45) is 1.91. The number of hydrogen-bond donors (Lipinski definition) is 1. The number of methoxy groups -OCH3 is 1. The first-order valence-corrected chi connectivity index (χ1v) is 6.69. The van der Waals surface area contributed by atoms with Crippen LogP contribution in [0.4, 0.5) is 0 Å². The number of nitrogens with zero attached hydrogens (tertiary/aromatic N) is 1. The van der Waals surface area contributed by atoms with E-state index in [1.807, 2.05) is 48.0 Å². The van der Waals surface area contributed by atoms with Gasteiger partial charge in [-0.1, -0.05) is 18.2 Å². The second-order valence-corrected chi connectivity index (χ2v) is 4.68. The molecule has 1 aromatic heterocycles. The molecule has 0 unspecified atom stereocenters. The number of hydrogen-bond acceptors (Lipinski definition) is 3. The van der Waals surface area contributed by atoms with Crippen LogP contribution in [0.2, 0.25) is 0 Å². The van der Waals surface area contributed by atoms with Crippen LogP contribution in [0.15, 0.2) is 47.4 Å². The summed E-state index contributed by atoms with van der Waals surface area (Å²) < 4.78 is 7.01. The van der Waals surface area contributed by atoms with Gasteiger partial charge in [0.15, 0.2) is 5.43 Å². The fraction of sp³-hybridized carbons (Fsp3) is 0.312. The lowest BCUT2D eigenvalue weighted by atomic mass is 10.2. The van der Waals surface area contributed by atoms with Crippen molar-refractivity contribution in [3.05, 3.63) is 64.1 Å². The van der Waals surface area contributed by atoms with E-state index in [0.717, 1.165) is 23.5 Å². The molecule has 0 saturated heterocycles. The lowest BCUT2D eigenvalue weighted by Gasteiger charge is -2.13. The third-order valence-corrected chi connectivity index (χ3v) is 3.15. The van der Waals surface area contributed by atoms with Crippen LogP contribution >= 0.6 is 0 Å². The van der Waals surface area contributed by atoms with E-state index in [0.29, 0.717) is 13.2 Å². The number of para-hydroxylation sites is 1. The third kappa shape index (κ3) is 3.56. The van der Waals surface area contributed by atoms with Crippen LogP contribution in [-0.2, 0) is 11.3 Å². The summed E-state index contributed by atoms with van der Waals surface area (Å²) in [5, 5.41) is 3.20. The molecule has 0 radical (unpaired) electrons. The second kappa shape index (κ2) is 7.03. The average molecular weight is 272 g/mol. The Labute approximate surface area is 119 Å². The quantitative estimate of drug-likeness (QED) is 0.817. The lowest BCUT2D eigenvalue weighted by Crippen LogP contribution is -2.24. The first-order chi connectivity index (χ1) is 9.72. The van der Waals surface area contributed by atoms with Crippen molar-refractivity contribution in [1.29, 1.82) is 0 Å². The summed E-state index contributed by atoms with van der Waals surface area (Å²) in [5.41, 5.74) is 2.82. The van der Waals surface area contributed by atoms with Crippen molar-refractivity contribution in [2.24, 2.45) is 0 Å². The Balaban J connectivity index is 2.24. The van der Waals surface area contributed by atoms with Gasteiger partial charge in [0.25, 0.3) is 0 Å². The van der Waals surface area contributed by atoms with Crippen LogP contribution in [0, 0.1) is 6.92 Å². The number of benzene rings is 1. The highest BCUT2D eigenvalue weighted by Crippen LogP contribution is 2.10. The summed E-state index contributed by atoms with van der Waals surface area (Å²) in [5.74, 6) is 0. The molecule has 1 aromatic carbocycles. The average Bonchev–Trinajstić information content (AvgIpc) is 2.46. The number of ether oxygens (including phenoxy) is 1. The molecule has 0 aliphatic rings. The molecule has 0 fully saturated rings. The van der Waals surface area contributed by atoms with Crippen LogP contribution in [-0.4, -0.2) is 24.8 Å². The molecule has 0 atom stereocenters. The Hall–Kier alpha value is -1.91. The third-order valence-electron chi connectivity index (χ3n) is 3.15. The SMILES string of the molecule is COCCNCc1cn(-c2ccccc2)c(C)cc1=O. The van der Waals surface area contributed by atoms with E-state index in [2.05, 4.69) is 5.32 Å². The maximum Gasteiger partial charge on any atom is 0.186 e. The van der Waals surface area contributed by atoms with Crippen molar-refractivity contribution in [3.8, 4) is 5.69 Å². The van der Waals surface area contributed by atoms with E-state index in [9.17, 15) is 4.79 Å². The zero-order valence-corrected chi connectivity index (χ0v) is 11.9. The largest absolute Gasteiger partial charge is 0.383 e. The lowest BCUT2D eigenvalue weighted by molar-refractivity contribution is 0.199. The number of nitrogens with one attached hydrogen (secondary N) is 1. The molecule has 1 heterocycles. The molecular weight excluding hydrogens is 252 g/mol. The molecule has 0 aliphatic heterocycles. The Bertz CT molecular complexity index is 606. The Morgan fingerprint density at radius 1 is 1.25 bits per heavy atom. The fourth-order valence-corrected chi connectivity index (χ4v) is 2.07. The van der Waals surface area contributed by atoms with E-state index in [1.54, 1.807) is 13.2 Å². The van der Waals surface area contributed by atoms with Crippen molar-refractivity contribution < 1.29 is 4.74 Å². The van der Waals surface area contributed by atoms with Gasteiger partial charge in [-0.3, -0.25) is 4.79 Å². The van der Waals surface area contributed by atoms with Crippen molar-refractivity contribution in [3.63, 3.8) is 0 Å². The van der Waals surface area contributed by atoms with Gasteiger partial charge < -0.3 is 14.6 Å². The number of aryl methyl sites for hydroxylation is 1. The van der Waals surface area contributed by atoms with Crippen LogP contribution in [0.25, 0.3) is 5.69 Å². The van der Waals surface area contributed by atoms with Crippen molar-refractivity contribution in [1.82, 2.24) is 9.88 Å². The highest BCUT2D eigenvalue weighted by molar-refractivity contribution is 5.35. The van der Waals surface area contributed by atoms with Crippen LogP contribution in [0.5, 0.6) is 0 Å². The molecule has 4 heteroatoms. The van der Waals surface area contributed by atoms with Crippen molar-refractivity contribution in [2.45, 2.75) is 13.5 Å². The van der Waals surface area contributed by atoms with Gasteiger partial charge in [0.2, 0.25) is 0 Å². The van der Waals surface area contributed by atoms with E-state index in [-0.39, 0.29) is 5.43 Å². The topological polar surface area (TPSA) is 43.3 Å². The molecule has 2 aromatic rings. The Kier molecular flexibility index (Phi) is 5.09. The smallest absolute Gasteiger partial charge is 0.186 e. The van der Waals surface area contributed by atoms with Crippen molar-refractivity contribution >= 4 is 0 Å². The molecule has 4 nitrogen and oxygen atoms in total. The summed E-state index contributed by atoms with van der Waals surface area (Å²) in [6.45, 7) is 3.86.